The predicted molar refractivity (Wildman–Crippen MR) is 113 cm³/mol. The number of hydrogen-bond acceptors (Lipinski definition) is 2. The summed E-state index contributed by atoms with van der Waals surface area (Å²) in [6.07, 6.45) is 7.85. The zero-order valence-corrected chi connectivity index (χ0v) is 16.8. The summed E-state index contributed by atoms with van der Waals surface area (Å²) in [4.78, 5) is 28.9. The highest BCUT2D eigenvalue weighted by Gasteiger charge is 2.46. The van der Waals surface area contributed by atoms with E-state index in [0.29, 0.717) is 12.1 Å². The van der Waals surface area contributed by atoms with Crippen LogP contribution in [0.5, 0.6) is 0 Å². The Morgan fingerprint density at radius 3 is 2.38 bits per heavy atom. The van der Waals surface area contributed by atoms with E-state index in [4.69, 9.17) is 0 Å². The molecule has 0 radical (unpaired) electrons. The molecule has 4 nitrogen and oxygen atoms in total. The van der Waals surface area contributed by atoms with E-state index in [1.807, 2.05) is 41.3 Å². The minimum Gasteiger partial charge on any atom is -0.353 e. The maximum absolute atomic E-state index is 13.7. The molecule has 2 atom stereocenters. The number of nitrogens with one attached hydrogen (secondary N) is 1. The summed E-state index contributed by atoms with van der Waals surface area (Å²) < 4.78 is 0. The zero-order chi connectivity index (χ0) is 19.8. The molecule has 1 aliphatic carbocycles. The van der Waals surface area contributed by atoms with Crippen molar-refractivity contribution in [3.63, 3.8) is 0 Å². The third kappa shape index (κ3) is 3.25. The van der Waals surface area contributed by atoms with E-state index in [-0.39, 0.29) is 29.8 Å². The molecule has 1 saturated carbocycles. The summed E-state index contributed by atoms with van der Waals surface area (Å²) in [5, 5.41) is 3.37. The van der Waals surface area contributed by atoms with Crippen molar-refractivity contribution in [3.05, 3.63) is 70.8 Å². The first-order valence-corrected chi connectivity index (χ1v) is 11.0. The van der Waals surface area contributed by atoms with Crippen LogP contribution in [0, 0.1) is 0 Å². The number of amides is 2. The van der Waals surface area contributed by atoms with Crippen LogP contribution < -0.4 is 5.32 Å². The van der Waals surface area contributed by atoms with Crippen LogP contribution >= 0.6 is 0 Å². The van der Waals surface area contributed by atoms with Crippen LogP contribution in [-0.2, 0) is 11.2 Å². The van der Waals surface area contributed by atoms with Crippen molar-refractivity contribution in [3.8, 4) is 0 Å². The van der Waals surface area contributed by atoms with E-state index in [0.717, 1.165) is 30.4 Å². The molecular formula is C25H28N2O2. The van der Waals surface area contributed by atoms with Gasteiger partial charge in [0.1, 0.15) is 0 Å². The molecule has 2 amide bonds. The first kappa shape index (κ1) is 18.4. The number of rotatable bonds is 2. The Kier molecular flexibility index (Phi) is 4.86. The summed E-state index contributed by atoms with van der Waals surface area (Å²) in [7, 11) is 0. The minimum absolute atomic E-state index is 0.0543. The fourth-order valence-electron chi connectivity index (χ4n) is 5.47. The lowest BCUT2D eigenvalue weighted by Crippen LogP contribution is -2.51. The summed E-state index contributed by atoms with van der Waals surface area (Å²) in [6, 6.07) is 16.0. The van der Waals surface area contributed by atoms with Crippen molar-refractivity contribution < 1.29 is 9.59 Å². The lowest BCUT2D eigenvalue weighted by Gasteiger charge is -2.45. The van der Waals surface area contributed by atoms with E-state index in [9.17, 15) is 9.59 Å². The highest BCUT2D eigenvalue weighted by atomic mass is 16.2. The van der Waals surface area contributed by atoms with E-state index in [1.54, 1.807) is 0 Å². The molecule has 0 spiro atoms. The third-order valence-electron chi connectivity index (χ3n) is 6.92. The summed E-state index contributed by atoms with van der Waals surface area (Å²) in [6.45, 7) is 0.669. The van der Waals surface area contributed by atoms with Crippen LogP contribution in [-0.4, -0.2) is 29.3 Å². The van der Waals surface area contributed by atoms with Crippen molar-refractivity contribution in [2.75, 3.05) is 6.54 Å². The van der Waals surface area contributed by atoms with Crippen LogP contribution in [0.4, 0.5) is 0 Å². The molecule has 2 aromatic rings. The Morgan fingerprint density at radius 2 is 1.59 bits per heavy atom. The molecule has 2 aliphatic heterocycles. The fourth-order valence-corrected chi connectivity index (χ4v) is 5.47. The molecule has 2 unspecified atom stereocenters. The molecule has 2 heterocycles. The van der Waals surface area contributed by atoms with Gasteiger partial charge in [-0.15, -0.1) is 0 Å². The van der Waals surface area contributed by atoms with Crippen LogP contribution in [0.15, 0.2) is 48.5 Å². The SMILES string of the molecule is O=C(NC1CCCCCC1)C1c2ccccc2C(=O)N2CCc3ccccc3C12. The topological polar surface area (TPSA) is 49.4 Å². The monoisotopic (exact) mass is 388 g/mol. The van der Waals surface area contributed by atoms with E-state index >= 15 is 0 Å². The molecule has 150 valence electrons. The average Bonchev–Trinajstić information content (AvgIpc) is 3.02. The molecule has 0 bridgehead atoms. The lowest BCUT2D eigenvalue weighted by atomic mass is 9.75. The van der Waals surface area contributed by atoms with Gasteiger partial charge in [-0.05, 0) is 42.0 Å². The number of nitrogens with zero attached hydrogens (tertiary/aromatic N) is 1. The lowest BCUT2D eigenvalue weighted by molar-refractivity contribution is -0.125. The Balaban J connectivity index is 1.56. The molecule has 0 saturated heterocycles. The minimum atomic E-state index is -0.353. The molecule has 1 fully saturated rings. The number of fused-ring (bicyclic) bond motifs is 4. The van der Waals surface area contributed by atoms with E-state index < -0.39 is 0 Å². The van der Waals surface area contributed by atoms with E-state index in [1.165, 1.54) is 31.2 Å². The molecule has 4 heteroatoms. The first-order chi connectivity index (χ1) is 14.2. The molecular weight excluding hydrogens is 360 g/mol. The number of carbonyl (C=O) groups is 2. The van der Waals surface area contributed by atoms with Crippen LogP contribution in [0.25, 0.3) is 0 Å². The van der Waals surface area contributed by atoms with Gasteiger partial charge in [-0.2, -0.15) is 0 Å². The van der Waals surface area contributed by atoms with Gasteiger partial charge in [0.15, 0.2) is 0 Å². The van der Waals surface area contributed by atoms with Crippen LogP contribution in [0.2, 0.25) is 0 Å². The summed E-state index contributed by atoms with van der Waals surface area (Å²) in [5.74, 6) is -0.226. The van der Waals surface area contributed by atoms with Crippen LogP contribution in [0.1, 0.15) is 77.5 Å². The molecule has 3 aliphatic rings. The highest BCUT2D eigenvalue weighted by Crippen LogP contribution is 2.46. The Labute approximate surface area is 172 Å². The first-order valence-electron chi connectivity index (χ1n) is 11.0. The highest BCUT2D eigenvalue weighted by molar-refractivity contribution is 6.01. The van der Waals surface area contributed by atoms with Gasteiger partial charge in [0.2, 0.25) is 5.91 Å². The Hall–Kier alpha value is -2.62. The number of hydrogen-bond donors (Lipinski definition) is 1. The Morgan fingerprint density at radius 1 is 0.897 bits per heavy atom. The van der Waals surface area contributed by atoms with Gasteiger partial charge in [-0.25, -0.2) is 0 Å². The van der Waals surface area contributed by atoms with Crippen molar-refractivity contribution in [1.82, 2.24) is 10.2 Å². The molecule has 1 N–H and O–H groups in total. The predicted octanol–water partition coefficient (Wildman–Crippen LogP) is 4.36. The normalized spacial score (nSPS) is 24.1. The quantitative estimate of drug-likeness (QED) is 0.777. The largest absolute Gasteiger partial charge is 0.353 e. The second-order valence-corrected chi connectivity index (χ2v) is 8.65. The van der Waals surface area contributed by atoms with Gasteiger partial charge < -0.3 is 10.2 Å². The van der Waals surface area contributed by atoms with Gasteiger partial charge >= 0.3 is 0 Å². The van der Waals surface area contributed by atoms with Gasteiger partial charge in [0, 0.05) is 18.2 Å². The van der Waals surface area contributed by atoms with Crippen molar-refractivity contribution in [2.24, 2.45) is 0 Å². The van der Waals surface area contributed by atoms with Crippen molar-refractivity contribution >= 4 is 11.8 Å². The van der Waals surface area contributed by atoms with Gasteiger partial charge in [0.25, 0.3) is 5.91 Å². The zero-order valence-electron chi connectivity index (χ0n) is 16.8. The molecule has 5 rings (SSSR count). The Bertz CT molecular complexity index is 930. The van der Waals surface area contributed by atoms with Gasteiger partial charge in [-0.1, -0.05) is 68.1 Å². The molecule has 29 heavy (non-hydrogen) atoms. The van der Waals surface area contributed by atoms with E-state index in [2.05, 4.69) is 17.4 Å². The number of carbonyl (C=O) groups excluding carboxylic acids is 2. The third-order valence-corrected chi connectivity index (χ3v) is 6.92. The second kappa shape index (κ2) is 7.66. The number of benzene rings is 2. The smallest absolute Gasteiger partial charge is 0.254 e. The van der Waals surface area contributed by atoms with Crippen molar-refractivity contribution in [2.45, 2.75) is 62.9 Å². The average molecular weight is 389 g/mol. The summed E-state index contributed by atoms with van der Waals surface area (Å²) >= 11 is 0. The second-order valence-electron chi connectivity index (χ2n) is 8.65. The van der Waals surface area contributed by atoms with Gasteiger partial charge in [-0.3, -0.25) is 9.59 Å². The van der Waals surface area contributed by atoms with Crippen molar-refractivity contribution in [1.29, 1.82) is 0 Å². The maximum Gasteiger partial charge on any atom is 0.254 e. The molecule has 0 aromatic heterocycles. The van der Waals surface area contributed by atoms with Crippen LogP contribution in [0.3, 0.4) is 0 Å². The maximum atomic E-state index is 13.7. The molecule has 2 aromatic carbocycles. The summed E-state index contributed by atoms with van der Waals surface area (Å²) in [5.41, 5.74) is 3.95. The standard InChI is InChI=1S/C25H28N2O2/c28-24(26-18-10-3-1-2-4-11-18)22-20-13-7-8-14-21(20)25(29)27-16-15-17-9-5-6-12-19(17)23(22)27/h5-9,12-14,18,22-23H,1-4,10-11,15-16H2,(H,26,28). The van der Waals surface area contributed by atoms with Gasteiger partial charge in [0.05, 0.1) is 12.0 Å². The fraction of sp³-hybridized carbons (Fsp3) is 0.440.